The number of fused-ring (bicyclic) bond motifs is 1. The van der Waals surface area contributed by atoms with Crippen molar-refractivity contribution in [2.45, 2.75) is 33.2 Å². The van der Waals surface area contributed by atoms with E-state index < -0.39 is 5.92 Å². The Kier molecular flexibility index (Phi) is 6.13. The van der Waals surface area contributed by atoms with Crippen LogP contribution in [-0.2, 0) is 6.54 Å². The SMILES string of the molecule is CCOc1ccc([C@@H]2C(C#N)=C(N)Oc3cc(C)n(Cc4ccco4)c(=O)c32)cc1OCC. The fraction of sp³-hybridized carbons (Fsp3) is 0.280. The minimum Gasteiger partial charge on any atom is -0.490 e. The van der Waals surface area contributed by atoms with Crippen LogP contribution in [0.25, 0.3) is 0 Å². The van der Waals surface area contributed by atoms with E-state index in [1.165, 1.54) is 0 Å². The fourth-order valence-electron chi connectivity index (χ4n) is 4.02. The smallest absolute Gasteiger partial charge is 0.259 e. The van der Waals surface area contributed by atoms with E-state index in [1.54, 1.807) is 41.2 Å². The molecule has 0 bridgehead atoms. The Morgan fingerprint density at radius 2 is 1.91 bits per heavy atom. The summed E-state index contributed by atoms with van der Waals surface area (Å²) in [7, 11) is 0. The first kappa shape index (κ1) is 22.1. The Morgan fingerprint density at radius 3 is 2.58 bits per heavy atom. The van der Waals surface area contributed by atoms with Crippen LogP contribution in [0, 0.1) is 18.3 Å². The first-order valence-corrected chi connectivity index (χ1v) is 10.7. The van der Waals surface area contributed by atoms with Crippen molar-refractivity contribution >= 4 is 0 Å². The van der Waals surface area contributed by atoms with Crippen molar-refractivity contribution in [3.8, 4) is 23.3 Å². The summed E-state index contributed by atoms with van der Waals surface area (Å²) in [4.78, 5) is 13.7. The van der Waals surface area contributed by atoms with Gasteiger partial charge in [0.1, 0.15) is 23.2 Å². The van der Waals surface area contributed by atoms with Crippen LogP contribution in [-0.4, -0.2) is 17.8 Å². The minimum atomic E-state index is -0.718. The number of hydrogen-bond acceptors (Lipinski definition) is 7. The maximum Gasteiger partial charge on any atom is 0.259 e. The zero-order valence-electron chi connectivity index (χ0n) is 18.8. The maximum atomic E-state index is 13.7. The molecule has 1 atom stereocenters. The van der Waals surface area contributed by atoms with Gasteiger partial charge in [0.05, 0.1) is 37.5 Å². The number of nitrogens with zero attached hydrogens (tertiary/aromatic N) is 2. The van der Waals surface area contributed by atoms with Gasteiger partial charge in [-0.15, -0.1) is 0 Å². The highest BCUT2D eigenvalue weighted by molar-refractivity contribution is 5.57. The summed E-state index contributed by atoms with van der Waals surface area (Å²) in [6, 6.07) is 12.8. The van der Waals surface area contributed by atoms with Crippen molar-refractivity contribution < 1.29 is 18.6 Å². The number of aryl methyl sites for hydroxylation is 1. The van der Waals surface area contributed by atoms with Crippen LogP contribution in [0.3, 0.4) is 0 Å². The lowest BCUT2D eigenvalue weighted by Crippen LogP contribution is -2.33. The second-order valence-electron chi connectivity index (χ2n) is 7.53. The van der Waals surface area contributed by atoms with Gasteiger partial charge in [0.25, 0.3) is 5.56 Å². The van der Waals surface area contributed by atoms with Crippen LogP contribution in [0.1, 0.15) is 42.3 Å². The van der Waals surface area contributed by atoms with E-state index in [4.69, 9.17) is 24.4 Å². The average molecular weight is 447 g/mol. The number of furan rings is 1. The van der Waals surface area contributed by atoms with E-state index in [2.05, 4.69) is 6.07 Å². The molecule has 3 aromatic rings. The highest BCUT2D eigenvalue weighted by Gasteiger charge is 2.35. The Labute approximate surface area is 191 Å². The normalized spacial score (nSPS) is 14.9. The largest absolute Gasteiger partial charge is 0.490 e. The van der Waals surface area contributed by atoms with Gasteiger partial charge >= 0.3 is 0 Å². The lowest BCUT2D eigenvalue weighted by atomic mass is 9.84. The van der Waals surface area contributed by atoms with Crippen LogP contribution >= 0.6 is 0 Å². The zero-order chi connectivity index (χ0) is 23.5. The summed E-state index contributed by atoms with van der Waals surface area (Å²) < 4.78 is 24.2. The highest BCUT2D eigenvalue weighted by Crippen LogP contribution is 2.42. The van der Waals surface area contributed by atoms with Crippen molar-refractivity contribution in [3.05, 3.63) is 87.1 Å². The summed E-state index contributed by atoms with van der Waals surface area (Å²) >= 11 is 0. The van der Waals surface area contributed by atoms with Crippen molar-refractivity contribution in [3.63, 3.8) is 0 Å². The number of hydrogen-bond donors (Lipinski definition) is 1. The molecule has 0 radical (unpaired) electrons. The quantitative estimate of drug-likeness (QED) is 0.586. The molecule has 1 aliphatic rings. The Balaban J connectivity index is 1.91. The molecule has 4 rings (SSSR count). The lowest BCUT2D eigenvalue weighted by molar-refractivity contribution is 0.287. The minimum absolute atomic E-state index is 0.0237. The van der Waals surface area contributed by atoms with Crippen LogP contribution in [0.15, 0.2) is 63.3 Å². The summed E-state index contributed by atoms with van der Waals surface area (Å²) in [5, 5.41) is 9.90. The topological polar surface area (TPSA) is 113 Å². The molecule has 170 valence electrons. The third kappa shape index (κ3) is 4.05. The number of rotatable bonds is 7. The third-order valence-electron chi connectivity index (χ3n) is 5.48. The predicted molar refractivity (Wildman–Crippen MR) is 121 cm³/mol. The molecule has 0 aliphatic carbocycles. The molecule has 0 saturated heterocycles. The first-order valence-electron chi connectivity index (χ1n) is 10.7. The van der Waals surface area contributed by atoms with Gasteiger partial charge in [-0.2, -0.15) is 5.26 Å². The summed E-state index contributed by atoms with van der Waals surface area (Å²) in [6.07, 6.45) is 1.56. The molecular formula is C25H25N3O5. The van der Waals surface area contributed by atoms with Crippen molar-refractivity contribution in [2.75, 3.05) is 13.2 Å². The van der Waals surface area contributed by atoms with Gasteiger partial charge in [0, 0.05) is 11.8 Å². The number of nitriles is 1. The van der Waals surface area contributed by atoms with Crippen LogP contribution < -0.4 is 25.5 Å². The molecule has 0 unspecified atom stereocenters. The van der Waals surface area contributed by atoms with Crippen LogP contribution in [0.2, 0.25) is 0 Å². The summed E-state index contributed by atoms with van der Waals surface area (Å²) in [5.74, 6) is 1.35. The zero-order valence-corrected chi connectivity index (χ0v) is 18.8. The number of ether oxygens (including phenoxy) is 3. The van der Waals surface area contributed by atoms with Gasteiger partial charge in [-0.3, -0.25) is 4.79 Å². The molecule has 0 spiro atoms. The molecule has 1 aliphatic heterocycles. The molecule has 0 amide bonds. The van der Waals surface area contributed by atoms with Crippen molar-refractivity contribution in [1.29, 1.82) is 5.26 Å². The van der Waals surface area contributed by atoms with Gasteiger partial charge in [-0.1, -0.05) is 6.07 Å². The number of allylic oxidation sites excluding steroid dienone is 1. The van der Waals surface area contributed by atoms with Crippen LogP contribution in [0.4, 0.5) is 0 Å². The standard InChI is InChI=1S/C25H25N3O5/c1-4-30-19-9-8-16(12-20(19)31-5-2)22-18(13-26)24(27)33-21-11-15(3)28(25(29)23(21)22)14-17-7-6-10-32-17/h6-12,22H,4-5,14,27H2,1-3H3/t22-/m1/s1. The third-order valence-corrected chi connectivity index (χ3v) is 5.48. The van der Waals surface area contributed by atoms with Gasteiger partial charge in [-0.25, -0.2) is 0 Å². The van der Waals surface area contributed by atoms with Crippen molar-refractivity contribution in [2.24, 2.45) is 5.73 Å². The predicted octanol–water partition coefficient (Wildman–Crippen LogP) is 3.81. The maximum absolute atomic E-state index is 13.7. The van der Waals surface area contributed by atoms with E-state index in [-0.39, 0.29) is 23.6 Å². The summed E-state index contributed by atoms with van der Waals surface area (Å²) in [6.45, 7) is 6.75. The molecule has 0 fully saturated rings. The lowest BCUT2D eigenvalue weighted by Gasteiger charge is -2.27. The first-order chi connectivity index (χ1) is 16.0. The average Bonchev–Trinajstić information content (AvgIpc) is 3.30. The second-order valence-corrected chi connectivity index (χ2v) is 7.53. The molecule has 8 nitrogen and oxygen atoms in total. The molecule has 33 heavy (non-hydrogen) atoms. The van der Waals surface area contributed by atoms with E-state index in [0.717, 1.165) is 0 Å². The molecule has 1 aromatic carbocycles. The second kappa shape index (κ2) is 9.17. The summed E-state index contributed by atoms with van der Waals surface area (Å²) in [5.41, 5.74) is 7.70. The van der Waals surface area contributed by atoms with Gasteiger partial charge in [-0.05, 0) is 50.6 Å². The molecule has 0 saturated carbocycles. The van der Waals surface area contributed by atoms with Crippen LogP contribution in [0.5, 0.6) is 17.2 Å². The van der Waals surface area contributed by atoms with E-state index in [0.29, 0.717) is 53.0 Å². The Hall–Kier alpha value is -4.12. The molecule has 3 heterocycles. The van der Waals surface area contributed by atoms with Gasteiger partial charge in [0.15, 0.2) is 11.5 Å². The number of aromatic nitrogens is 1. The fourth-order valence-corrected chi connectivity index (χ4v) is 4.02. The Bertz CT molecular complexity index is 1300. The van der Waals surface area contributed by atoms with Crippen molar-refractivity contribution in [1.82, 2.24) is 4.57 Å². The molecule has 8 heteroatoms. The van der Waals surface area contributed by atoms with E-state index in [9.17, 15) is 10.1 Å². The van der Waals surface area contributed by atoms with E-state index >= 15 is 0 Å². The molecular weight excluding hydrogens is 422 g/mol. The monoisotopic (exact) mass is 447 g/mol. The van der Waals surface area contributed by atoms with Gasteiger partial charge < -0.3 is 28.9 Å². The number of nitrogens with two attached hydrogens (primary N) is 1. The molecule has 2 aromatic heterocycles. The van der Waals surface area contributed by atoms with E-state index in [1.807, 2.05) is 26.8 Å². The molecule has 2 N–H and O–H groups in total. The number of pyridine rings is 1. The Morgan fingerprint density at radius 1 is 1.15 bits per heavy atom. The number of benzene rings is 1. The van der Waals surface area contributed by atoms with Gasteiger partial charge in [0.2, 0.25) is 5.88 Å². The highest BCUT2D eigenvalue weighted by atomic mass is 16.5.